The maximum Gasteiger partial charge on any atom is 0.228 e. The summed E-state index contributed by atoms with van der Waals surface area (Å²) in [6.07, 6.45) is 0.242. The van der Waals surface area contributed by atoms with E-state index in [9.17, 15) is 9.59 Å². The molecule has 3 aliphatic heterocycles. The van der Waals surface area contributed by atoms with Gasteiger partial charge in [0.15, 0.2) is 0 Å². The zero-order chi connectivity index (χ0) is 23.7. The monoisotopic (exact) mass is 484 g/mol. The van der Waals surface area contributed by atoms with Crippen molar-refractivity contribution >= 4 is 40.9 Å². The number of aryl methyl sites for hydroxylation is 1. The Morgan fingerprint density at radius 1 is 1.00 bits per heavy atom. The molecule has 2 aromatic rings. The highest BCUT2D eigenvalue weighted by molar-refractivity contribution is 6.30. The van der Waals surface area contributed by atoms with E-state index in [1.54, 1.807) is 17.0 Å². The van der Waals surface area contributed by atoms with Crippen LogP contribution in [0.4, 0.5) is 17.5 Å². The molecule has 5 rings (SSSR count). The molecule has 3 fully saturated rings. The van der Waals surface area contributed by atoms with Crippen molar-refractivity contribution in [2.75, 3.05) is 73.7 Å². The first-order valence-corrected chi connectivity index (χ1v) is 12.1. The third-order valence-corrected chi connectivity index (χ3v) is 6.90. The van der Waals surface area contributed by atoms with Gasteiger partial charge in [0.2, 0.25) is 17.8 Å². The Hall–Kier alpha value is -2.91. The van der Waals surface area contributed by atoms with E-state index in [0.717, 1.165) is 30.3 Å². The van der Waals surface area contributed by atoms with Crippen molar-refractivity contribution in [1.29, 1.82) is 0 Å². The number of halogens is 1. The van der Waals surface area contributed by atoms with Crippen LogP contribution in [0.15, 0.2) is 30.3 Å². The van der Waals surface area contributed by atoms with Gasteiger partial charge in [-0.2, -0.15) is 4.98 Å². The quantitative estimate of drug-likeness (QED) is 0.656. The Kier molecular flexibility index (Phi) is 6.56. The lowest BCUT2D eigenvalue weighted by molar-refractivity contribution is -0.136. The molecule has 0 radical (unpaired) electrons. The second kappa shape index (κ2) is 9.76. The van der Waals surface area contributed by atoms with Crippen molar-refractivity contribution in [3.63, 3.8) is 0 Å². The van der Waals surface area contributed by atoms with Gasteiger partial charge in [0.25, 0.3) is 0 Å². The van der Waals surface area contributed by atoms with Crippen molar-refractivity contribution in [2.45, 2.75) is 13.3 Å². The lowest BCUT2D eigenvalue weighted by atomic mass is 10.1. The van der Waals surface area contributed by atoms with Gasteiger partial charge in [-0.3, -0.25) is 9.59 Å². The van der Waals surface area contributed by atoms with Gasteiger partial charge in [0, 0.05) is 74.7 Å². The molecule has 0 aliphatic carbocycles. The molecule has 1 aromatic heterocycles. The molecule has 1 unspecified atom stereocenters. The van der Waals surface area contributed by atoms with E-state index in [2.05, 4.69) is 14.8 Å². The number of aromatic nitrogens is 2. The number of carbonyl (C=O) groups is 2. The number of benzene rings is 1. The van der Waals surface area contributed by atoms with E-state index < -0.39 is 0 Å². The fourth-order valence-electron chi connectivity index (χ4n) is 4.76. The molecule has 3 saturated heterocycles. The van der Waals surface area contributed by atoms with Crippen LogP contribution in [-0.2, 0) is 14.3 Å². The Balaban J connectivity index is 1.20. The van der Waals surface area contributed by atoms with Gasteiger partial charge < -0.3 is 24.3 Å². The number of piperazine rings is 1. The molecule has 34 heavy (non-hydrogen) atoms. The topological polar surface area (TPSA) is 82.1 Å². The summed E-state index contributed by atoms with van der Waals surface area (Å²) in [5.41, 5.74) is 1.71. The van der Waals surface area contributed by atoms with Gasteiger partial charge in [-0.15, -0.1) is 0 Å². The van der Waals surface area contributed by atoms with E-state index in [1.807, 2.05) is 30.0 Å². The van der Waals surface area contributed by atoms with Crippen molar-refractivity contribution < 1.29 is 14.3 Å². The Morgan fingerprint density at radius 3 is 2.41 bits per heavy atom. The molecule has 9 nitrogen and oxygen atoms in total. The molecule has 2 amide bonds. The van der Waals surface area contributed by atoms with E-state index in [4.69, 9.17) is 21.3 Å². The van der Waals surface area contributed by atoms with Crippen molar-refractivity contribution in [3.05, 3.63) is 41.0 Å². The molecule has 0 N–H and O–H groups in total. The highest BCUT2D eigenvalue weighted by Crippen LogP contribution is 2.28. The minimum Gasteiger partial charge on any atom is -0.378 e. The van der Waals surface area contributed by atoms with Crippen LogP contribution in [0.3, 0.4) is 0 Å². The molecule has 0 spiro atoms. The average Bonchev–Trinajstić information content (AvgIpc) is 3.26. The van der Waals surface area contributed by atoms with Gasteiger partial charge in [0.05, 0.1) is 19.1 Å². The van der Waals surface area contributed by atoms with Crippen LogP contribution in [0.2, 0.25) is 5.02 Å². The van der Waals surface area contributed by atoms with Gasteiger partial charge in [-0.25, -0.2) is 4.98 Å². The van der Waals surface area contributed by atoms with E-state index in [0.29, 0.717) is 56.9 Å². The predicted octanol–water partition coefficient (Wildman–Crippen LogP) is 1.98. The largest absolute Gasteiger partial charge is 0.378 e. The summed E-state index contributed by atoms with van der Waals surface area (Å²) in [5, 5.41) is 0.621. The first kappa shape index (κ1) is 22.9. The molecule has 4 heterocycles. The van der Waals surface area contributed by atoms with Crippen LogP contribution in [0.5, 0.6) is 0 Å². The van der Waals surface area contributed by atoms with E-state index in [1.165, 1.54) is 0 Å². The maximum absolute atomic E-state index is 13.2. The summed E-state index contributed by atoms with van der Waals surface area (Å²) < 4.78 is 5.46. The van der Waals surface area contributed by atoms with E-state index in [-0.39, 0.29) is 24.2 Å². The lowest BCUT2D eigenvalue weighted by Crippen LogP contribution is -2.51. The molecule has 180 valence electrons. The maximum atomic E-state index is 13.2. The minimum atomic E-state index is -0.321. The summed E-state index contributed by atoms with van der Waals surface area (Å²) in [5.74, 6) is 1.33. The Labute approximate surface area is 204 Å². The fourth-order valence-corrected chi connectivity index (χ4v) is 4.89. The van der Waals surface area contributed by atoms with Crippen LogP contribution < -0.4 is 14.7 Å². The van der Waals surface area contributed by atoms with Crippen molar-refractivity contribution in [3.8, 4) is 0 Å². The normalized spacial score (nSPS) is 21.4. The number of ether oxygens (including phenoxy) is 1. The second-order valence-corrected chi connectivity index (χ2v) is 9.40. The molecule has 0 saturated carbocycles. The number of hydrogen-bond donors (Lipinski definition) is 0. The standard InChI is InChI=1S/C24H29ClN6O3/c1-17-14-21(28-10-12-34-13-11-28)27-24(26-17)30-8-6-29(7-9-30)23(33)18-15-22(32)31(16-18)20-4-2-19(25)3-5-20/h2-5,14,18H,6-13,15-16H2,1H3. The van der Waals surface area contributed by atoms with Gasteiger partial charge in [0.1, 0.15) is 5.82 Å². The fraction of sp³-hybridized carbons (Fsp3) is 0.500. The molecule has 3 aliphatic rings. The third-order valence-electron chi connectivity index (χ3n) is 6.65. The molecule has 0 bridgehead atoms. The zero-order valence-corrected chi connectivity index (χ0v) is 20.1. The summed E-state index contributed by atoms with van der Waals surface area (Å²) in [6, 6.07) is 9.17. The number of morpholine rings is 1. The number of rotatable bonds is 4. The SMILES string of the molecule is Cc1cc(N2CCOCC2)nc(N2CCN(C(=O)C3CC(=O)N(c4ccc(Cl)cc4)C3)CC2)n1. The van der Waals surface area contributed by atoms with Crippen LogP contribution in [0, 0.1) is 12.8 Å². The highest BCUT2D eigenvalue weighted by atomic mass is 35.5. The van der Waals surface area contributed by atoms with Crippen molar-refractivity contribution in [2.24, 2.45) is 5.92 Å². The Morgan fingerprint density at radius 2 is 1.71 bits per heavy atom. The number of nitrogens with zero attached hydrogens (tertiary/aromatic N) is 6. The van der Waals surface area contributed by atoms with Gasteiger partial charge in [-0.1, -0.05) is 11.6 Å². The summed E-state index contributed by atoms with van der Waals surface area (Å²) >= 11 is 5.96. The van der Waals surface area contributed by atoms with E-state index >= 15 is 0 Å². The van der Waals surface area contributed by atoms with Crippen LogP contribution in [0.25, 0.3) is 0 Å². The average molecular weight is 485 g/mol. The van der Waals surface area contributed by atoms with Crippen LogP contribution >= 0.6 is 11.6 Å². The lowest BCUT2D eigenvalue weighted by Gasteiger charge is -2.36. The van der Waals surface area contributed by atoms with Crippen molar-refractivity contribution in [1.82, 2.24) is 14.9 Å². The zero-order valence-electron chi connectivity index (χ0n) is 19.3. The second-order valence-electron chi connectivity index (χ2n) is 8.96. The number of amides is 2. The molecular weight excluding hydrogens is 456 g/mol. The molecular formula is C24H29ClN6O3. The summed E-state index contributed by atoms with van der Waals surface area (Å²) in [6.45, 7) is 7.97. The van der Waals surface area contributed by atoms with Gasteiger partial charge >= 0.3 is 0 Å². The molecule has 10 heteroatoms. The first-order valence-electron chi connectivity index (χ1n) is 11.8. The Bertz CT molecular complexity index is 1050. The number of carbonyl (C=O) groups excluding carboxylic acids is 2. The van der Waals surface area contributed by atoms with Gasteiger partial charge in [-0.05, 0) is 31.2 Å². The molecule has 1 aromatic carbocycles. The minimum absolute atomic E-state index is 0.0249. The number of anilines is 3. The van der Waals surface area contributed by atoms with Crippen LogP contribution in [0.1, 0.15) is 12.1 Å². The summed E-state index contributed by atoms with van der Waals surface area (Å²) in [4.78, 5) is 43.2. The highest BCUT2D eigenvalue weighted by Gasteiger charge is 2.38. The number of hydrogen-bond acceptors (Lipinski definition) is 7. The first-order chi connectivity index (χ1) is 16.5. The van der Waals surface area contributed by atoms with Crippen LogP contribution in [-0.4, -0.2) is 85.7 Å². The third kappa shape index (κ3) is 4.81. The smallest absolute Gasteiger partial charge is 0.228 e. The predicted molar refractivity (Wildman–Crippen MR) is 131 cm³/mol. The summed E-state index contributed by atoms with van der Waals surface area (Å²) in [7, 11) is 0. The molecule has 1 atom stereocenters.